The number of benzene rings is 1. The van der Waals surface area contributed by atoms with E-state index in [1.54, 1.807) is 0 Å². The van der Waals surface area contributed by atoms with Crippen LogP contribution in [0.1, 0.15) is 18.9 Å². The summed E-state index contributed by atoms with van der Waals surface area (Å²) < 4.78 is 5.65. The molecule has 0 saturated carbocycles. The molecule has 6 heteroatoms. The molecule has 108 valence electrons. The van der Waals surface area contributed by atoms with E-state index < -0.39 is 23.7 Å². The van der Waals surface area contributed by atoms with Crippen LogP contribution in [-0.2, 0) is 16.1 Å². The Bertz CT molecular complexity index is 504. The van der Waals surface area contributed by atoms with Gasteiger partial charge in [0.05, 0.1) is 19.3 Å². The number of likely N-dealkylation sites (tertiary alicyclic amines) is 1. The third kappa shape index (κ3) is 2.75. The van der Waals surface area contributed by atoms with Crippen LogP contribution < -0.4 is 0 Å². The highest BCUT2D eigenvalue weighted by Crippen LogP contribution is 2.31. The van der Waals surface area contributed by atoms with Crippen LogP contribution in [0.2, 0.25) is 0 Å². The van der Waals surface area contributed by atoms with Crippen molar-refractivity contribution < 1.29 is 24.5 Å². The Labute approximate surface area is 116 Å². The lowest BCUT2D eigenvalue weighted by molar-refractivity contribution is -0.147. The summed E-state index contributed by atoms with van der Waals surface area (Å²) in [6.45, 7) is 1.83. The van der Waals surface area contributed by atoms with Gasteiger partial charge in [0, 0.05) is 6.42 Å². The summed E-state index contributed by atoms with van der Waals surface area (Å²) in [7, 11) is 0. The number of ether oxygens (including phenoxy) is 1. The molecule has 1 aromatic carbocycles. The van der Waals surface area contributed by atoms with E-state index in [1.807, 2.05) is 30.3 Å². The first-order valence-corrected chi connectivity index (χ1v) is 6.33. The third-order valence-corrected chi connectivity index (χ3v) is 3.63. The molecule has 2 atom stereocenters. The molecule has 6 nitrogen and oxygen atoms in total. The Balaban J connectivity index is 2.02. The smallest absolute Gasteiger partial charge is 0.408 e. The maximum atomic E-state index is 11.3. The van der Waals surface area contributed by atoms with Crippen LogP contribution in [0.3, 0.4) is 0 Å². The van der Waals surface area contributed by atoms with E-state index in [-0.39, 0.29) is 13.0 Å². The fourth-order valence-electron chi connectivity index (χ4n) is 2.42. The minimum atomic E-state index is -1.42. The fraction of sp³-hybridized carbons (Fsp3) is 0.429. The first kappa shape index (κ1) is 14.3. The predicted octanol–water partition coefficient (Wildman–Crippen LogP) is 1.80. The van der Waals surface area contributed by atoms with E-state index in [1.165, 1.54) is 6.92 Å². The fourth-order valence-corrected chi connectivity index (χ4v) is 2.42. The normalized spacial score (nSPS) is 25.6. The Morgan fingerprint density at radius 1 is 1.35 bits per heavy atom. The minimum absolute atomic E-state index is 0.0744. The number of amides is 1. The number of nitrogens with zero attached hydrogens (tertiary/aromatic N) is 1. The molecule has 20 heavy (non-hydrogen) atoms. The van der Waals surface area contributed by atoms with E-state index in [9.17, 15) is 14.7 Å². The standard InChI is InChI=1S/C14H17NO5/c1-14(12(16)17)7-11(8-15(14)13(18)19)20-9-10-5-3-2-4-6-10/h2-6,11H,7-9H2,1H3,(H,16,17)(H,18,19)/t11-,14+/m1/s1. The van der Waals surface area contributed by atoms with Crippen LogP contribution in [0.4, 0.5) is 4.79 Å². The Hall–Kier alpha value is -2.08. The van der Waals surface area contributed by atoms with Crippen LogP contribution in [-0.4, -0.2) is 45.4 Å². The zero-order valence-electron chi connectivity index (χ0n) is 11.2. The zero-order valence-corrected chi connectivity index (χ0v) is 11.2. The summed E-state index contributed by atoms with van der Waals surface area (Å²) in [6.07, 6.45) is -1.49. The van der Waals surface area contributed by atoms with Crippen molar-refractivity contribution in [2.75, 3.05) is 6.54 Å². The van der Waals surface area contributed by atoms with E-state index in [4.69, 9.17) is 9.84 Å². The lowest BCUT2D eigenvalue weighted by Crippen LogP contribution is -2.50. The maximum absolute atomic E-state index is 11.3. The van der Waals surface area contributed by atoms with E-state index in [2.05, 4.69) is 0 Å². The quantitative estimate of drug-likeness (QED) is 0.877. The van der Waals surface area contributed by atoms with Crippen molar-refractivity contribution in [3.8, 4) is 0 Å². The second-order valence-electron chi connectivity index (χ2n) is 5.09. The van der Waals surface area contributed by atoms with Gasteiger partial charge in [0.25, 0.3) is 0 Å². The summed E-state index contributed by atoms with van der Waals surface area (Å²) in [5.41, 5.74) is -0.453. The number of hydrogen-bond acceptors (Lipinski definition) is 3. The zero-order chi connectivity index (χ0) is 14.8. The number of hydrogen-bond donors (Lipinski definition) is 2. The number of carboxylic acid groups (broad SMARTS) is 2. The van der Waals surface area contributed by atoms with Crippen molar-refractivity contribution in [1.82, 2.24) is 4.90 Å². The van der Waals surface area contributed by atoms with Crippen LogP contribution in [0.5, 0.6) is 0 Å². The van der Waals surface area contributed by atoms with Crippen LogP contribution in [0, 0.1) is 0 Å². The molecule has 1 aromatic rings. The van der Waals surface area contributed by atoms with Crippen LogP contribution >= 0.6 is 0 Å². The molecule has 0 spiro atoms. The van der Waals surface area contributed by atoms with Crippen LogP contribution in [0.15, 0.2) is 30.3 Å². The molecule has 0 bridgehead atoms. The Kier molecular flexibility index (Phi) is 3.94. The third-order valence-electron chi connectivity index (χ3n) is 3.63. The van der Waals surface area contributed by atoms with Gasteiger partial charge in [0.1, 0.15) is 5.54 Å². The number of rotatable bonds is 4. The molecule has 0 unspecified atom stereocenters. The molecule has 1 saturated heterocycles. The molecule has 0 aliphatic carbocycles. The molecular weight excluding hydrogens is 262 g/mol. The van der Waals surface area contributed by atoms with Gasteiger partial charge in [-0.3, -0.25) is 4.90 Å². The number of carboxylic acids is 1. The topological polar surface area (TPSA) is 87.1 Å². The maximum Gasteiger partial charge on any atom is 0.408 e. The molecule has 2 rings (SSSR count). The van der Waals surface area contributed by atoms with Crippen molar-refractivity contribution in [2.45, 2.75) is 31.6 Å². The van der Waals surface area contributed by atoms with Crippen LogP contribution in [0.25, 0.3) is 0 Å². The van der Waals surface area contributed by atoms with Gasteiger partial charge in [-0.25, -0.2) is 9.59 Å². The minimum Gasteiger partial charge on any atom is -0.480 e. The molecule has 0 radical (unpaired) electrons. The van der Waals surface area contributed by atoms with Gasteiger partial charge < -0.3 is 14.9 Å². The molecular formula is C14H17NO5. The largest absolute Gasteiger partial charge is 0.480 e. The monoisotopic (exact) mass is 279 g/mol. The van der Waals surface area contributed by atoms with Gasteiger partial charge in [0.2, 0.25) is 0 Å². The second-order valence-corrected chi connectivity index (χ2v) is 5.09. The second kappa shape index (κ2) is 5.50. The van der Waals surface area contributed by atoms with Crippen molar-refractivity contribution in [3.63, 3.8) is 0 Å². The highest BCUT2D eigenvalue weighted by atomic mass is 16.5. The van der Waals surface area contributed by atoms with Crippen molar-refractivity contribution in [3.05, 3.63) is 35.9 Å². The van der Waals surface area contributed by atoms with E-state index >= 15 is 0 Å². The SMILES string of the molecule is C[C@@]1(C(=O)O)C[C@@H](OCc2ccccc2)CN1C(=O)O. The van der Waals surface area contributed by atoms with Gasteiger partial charge >= 0.3 is 12.1 Å². The Morgan fingerprint density at radius 3 is 2.50 bits per heavy atom. The summed E-state index contributed by atoms with van der Waals surface area (Å²) in [5.74, 6) is -1.15. The lowest BCUT2D eigenvalue weighted by Gasteiger charge is -2.27. The molecule has 1 aliphatic heterocycles. The van der Waals surface area contributed by atoms with E-state index in [0.717, 1.165) is 10.5 Å². The highest BCUT2D eigenvalue weighted by Gasteiger charge is 2.50. The first-order valence-electron chi connectivity index (χ1n) is 6.33. The molecule has 1 amide bonds. The van der Waals surface area contributed by atoms with E-state index in [0.29, 0.717) is 6.61 Å². The number of aliphatic carboxylic acids is 1. The highest BCUT2D eigenvalue weighted by molar-refractivity contribution is 5.84. The van der Waals surface area contributed by atoms with Gasteiger partial charge in [0.15, 0.2) is 0 Å². The van der Waals surface area contributed by atoms with Gasteiger partial charge in [-0.2, -0.15) is 0 Å². The van der Waals surface area contributed by atoms with Gasteiger partial charge in [-0.15, -0.1) is 0 Å². The summed E-state index contributed by atoms with van der Waals surface area (Å²) in [5, 5.41) is 18.3. The van der Waals surface area contributed by atoms with Crippen molar-refractivity contribution in [1.29, 1.82) is 0 Å². The first-order chi connectivity index (χ1) is 9.43. The van der Waals surface area contributed by atoms with Gasteiger partial charge in [-0.05, 0) is 12.5 Å². The lowest BCUT2D eigenvalue weighted by atomic mass is 9.99. The summed E-state index contributed by atoms with van der Waals surface area (Å²) in [6, 6.07) is 9.48. The van der Waals surface area contributed by atoms with Crippen molar-refractivity contribution in [2.24, 2.45) is 0 Å². The van der Waals surface area contributed by atoms with Crippen molar-refractivity contribution >= 4 is 12.1 Å². The molecule has 1 aliphatic rings. The summed E-state index contributed by atoms with van der Waals surface area (Å²) >= 11 is 0. The Morgan fingerprint density at radius 2 is 2.00 bits per heavy atom. The molecule has 1 heterocycles. The van der Waals surface area contributed by atoms with Gasteiger partial charge in [-0.1, -0.05) is 30.3 Å². The average Bonchev–Trinajstić information content (AvgIpc) is 2.77. The predicted molar refractivity (Wildman–Crippen MR) is 70.4 cm³/mol. The summed E-state index contributed by atoms with van der Waals surface area (Å²) in [4.78, 5) is 23.4. The molecule has 0 aromatic heterocycles. The molecule has 1 fully saturated rings. The average molecular weight is 279 g/mol. The number of carbonyl (C=O) groups is 2. The molecule has 2 N–H and O–H groups in total.